The fraction of sp³-hybridized carbons (Fsp3) is 0.250. The van der Waals surface area contributed by atoms with E-state index in [1.165, 1.54) is 0 Å². The van der Waals surface area contributed by atoms with Gasteiger partial charge >= 0.3 is 0 Å². The quantitative estimate of drug-likeness (QED) is 0.601. The molecule has 0 aliphatic heterocycles. The minimum absolute atomic E-state index is 0.381. The Balaban J connectivity index is 3.14. The highest BCUT2D eigenvalue weighted by Crippen LogP contribution is 2.22. The molecule has 0 fully saturated rings. The zero-order valence-electron chi connectivity index (χ0n) is 6.98. The molecule has 0 aromatic heterocycles. The van der Waals surface area contributed by atoms with Gasteiger partial charge in [0.15, 0.2) is 0 Å². The van der Waals surface area contributed by atoms with Crippen molar-refractivity contribution in [2.75, 3.05) is 6.67 Å². The minimum atomic E-state index is -1.66. The van der Waals surface area contributed by atoms with Gasteiger partial charge in [0.05, 0.1) is 4.92 Å². The van der Waals surface area contributed by atoms with Crippen LogP contribution < -0.4 is 0 Å². The fourth-order valence-corrected chi connectivity index (χ4v) is 0.983. The summed E-state index contributed by atoms with van der Waals surface area (Å²) in [6.07, 6.45) is -1.66. The molecule has 1 aromatic rings. The second-order valence-corrected chi connectivity index (χ2v) is 2.63. The van der Waals surface area contributed by atoms with Crippen LogP contribution in [0.5, 0.6) is 0 Å². The van der Waals surface area contributed by atoms with Crippen LogP contribution in [0.1, 0.15) is 11.7 Å². The fourth-order valence-electron chi connectivity index (χ4n) is 0.983. The molecule has 14 heavy (non-hydrogen) atoms. The van der Waals surface area contributed by atoms with Gasteiger partial charge < -0.3 is 5.11 Å². The van der Waals surface area contributed by atoms with E-state index in [1.807, 2.05) is 0 Å². The van der Waals surface area contributed by atoms with Gasteiger partial charge in [0.2, 0.25) is 0 Å². The average molecular weight is 203 g/mol. The molecule has 1 N–H and O–H groups in total. The van der Waals surface area contributed by atoms with Crippen LogP contribution in [0.25, 0.3) is 0 Å². The molecule has 1 atom stereocenters. The lowest BCUT2D eigenvalue weighted by Crippen LogP contribution is -2.03. The van der Waals surface area contributed by atoms with Gasteiger partial charge in [-0.05, 0) is 6.07 Å². The summed E-state index contributed by atoms with van der Waals surface area (Å²) in [7, 11) is 0. The Kier molecular flexibility index (Phi) is 3.08. The number of rotatable bonds is 3. The van der Waals surface area contributed by atoms with E-state index in [9.17, 15) is 18.9 Å². The number of aliphatic hydroxyl groups excluding tert-OH is 1. The van der Waals surface area contributed by atoms with Gasteiger partial charge in [0.25, 0.3) is 5.69 Å². The van der Waals surface area contributed by atoms with Gasteiger partial charge in [-0.25, -0.2) is 8.78 Å². The van der Waals surface area contributed by atoms with Crippen LogP contribution in [0.3, 0.4) is 0 Å². The van der Waals surface area contributed by atoms with E-state index in [-0.39, 0.29) is 5.69 Å². The van der Waals surface area contributed by atoms with Crippen LogP contribution in [0, 0.1) is 15.9 Å². The molecule has 0 spiro atoms. The molecular weight excluding hydrogens is 196 g/mol. The molecule has 0 bridgehead atoms. The number of nitro groups is 1. The smallest absolute Gasteiger partial charge is 0.270 e. The van der Waals surface area contributed by atoms with Crippen molar-refractivity contribution in [3.05, 3.63) is 39.7 Å². The lowest BCUT2D eigenvalue weighted by molar-refractivity contribution is -0.385. The molecule has 0 saturated heterocycles. The Bertz CT molecular complexity index is 356. The number of non-ortho nitro benzene ring substituents is 1. The zero-order valence-corrected chi connectivity index (χ0v) is 6.98. The maximum absolute atomic E-state index is 12.9. The number of hydrogen-bond donors (Lipinski definition) is 1. The van der Waals surface area contributed by atoms with Crippen molar-refractivity contribution in [1.82, 2.24) is 0 Å². The zero-order chi connectivity index (χ0) is 10.7. The van der Waals surface area contributed by atoms with Crippen LogP contribution in [0.4, 0.5) is 14.5 Å². The molecule has 4 nitrogen and oxygen atoms in total. The van der Waals surface area contributed by atoms with Gasteiger partial charge in [-0.15, -0.1) is 0 Å². The van der Waals surface area contributed by atoms with E-state index in [2.05, 4.69) is 0 Å². The monoisotopic (exact) mass is 203 g/mol. The molecule has 0 saturated carbocycles. The summed E-state index contributed by atoms with van der Waals surface area (Å²) in [6, 6.07) is 2.59. The molecule has 1 unspecified atom stereocenters. The molecule has 0 radical (unpaired) electrons. The van der Waals surface area contributed by atoms with Gasteiger partial charge in [-0.2, -0.15) is 0 Å². The van der Waals surface area contributed by atoms with E-state index in [0.717, 1.165) is 18.2 Å². The molecule has 1 rings (SSSR count). The molecule has 0 aliphatic rings. The summed E-state index contributed by atoms with van der Waals surface area (Å²) < 4.78 is 24.9. The van der Waals surface area contributed by atoms with Crippen LogP contribution in [0.15, 0.2) is 18.2 Å². The summed E-state index contributed by atoms with van der Waals surface area (Å²) in [5.41, 5.74) is -0.782. The normalized spacial score (nSPS) is 12.5. The van der Waals surface area contributed by atoms with E-state index in [4.69, 9.17) is 5.11 Å². The topological polar surface area (TPSA) is 63.4 Å². The summed E-state index contributed by atoms with van der Waals surface area (Å²) in [5.74, 6) is -0.860. The summed E-state index contributed by atoms with van der Waals surface area (Å²) in [4.78, 5) is 9.54. The van der Waals surface area contributed by atoms with Crippen molar-refractivity contribution in [2.45, 2.75) is 6.10 Å². The van der Waals surface area contributed by atoms with Crippen molar-refractivity contribution in [1.29, 1.82) is 0 Å². The van der Waals surface area contributed by atoms with Gasteiger partial charge in [0, 0.05) is 17.7 Å². The van der Waals surface area contributed by atoms with Crippen LogP contribution in [-0.2, 0) is 0 Å². The van der Waals surface area contributed by atoms with Gasteiger partial charge in [-0.1, -0.05) is 0 Å². The van der Waals surface area contributed by atoms with Crippen LogP contribution >= 0.6 is 0 Å². The highest BCUT2D eigenvalue weighted by atomic mass is 19.1. The Morgan fingerprint density at radius 1 is 1.57 bits per heavy atom. The van der Waals surface area contributed by atoms with E-state index in [0.29, 0.717) is 0 Å². The molecular formula is C8H7F2NO3. The lowest BCUT2D eigenvalue weighted by Gasteiger charge is -2.06. The number of benzene rings is 1. The Morgan fingerprint density at radius 3 is 2.71 bits per heavy atom. The number of nitrogens with zero attached hydrogens (tertiary/aromatic N) is 1. The first-order valence-electron chi connectivity index (χ1n) is 3.74. The Hall–Kier alpha value is -1.56. The molecule has 0 heterocycles. The summed E-state index contributed by atoms with van der Waals surface area (Å²) in [6.45, 7) is -1.18. The summed E-state index contributed by atoms with van der Waals surface area (Å²) >= 11 is 0. The van der Waals surface area contributed by atoms with Gasteiger partial charge in [-0.3, -0.25) is 10.1 Å². The summed E-state index contributed by atoms with van der Waals surface area (Å²) in [5, 5.41) is 19.3. The lowest BCUT2D eigenvalue weighted by atomic mass is 10.1. The Morgan fingerprint density at radius 2 is 2.21 bits per heavy atom. The molecule has 1 aromatic carbocycles. The van der Waals surface area contributed by atoms with Crippen molar-refractivity contribution < 1.29 is 18.8 Å². The first kappa shape index (κ1) is 10.5. The molecule has 76 valence electrons. The van der Waals surface area contributed by atoms with E-state index in [1.54, 1.807) is 0 Å². The van der Waals surface area contributed by atoms with Crippen molar-refractivity contribution >= 4 is 5.69 Å². The largest absolute Gasteiger partial charge is 0.386 e. The number of hydrogen-bond acceptors (Lipinski definition) is 3. The SMILES string of the molecule is O=[N+]([O-])c1ccc(F)c(C(O)CF)c1. The van der Waals surface area contributed by atoms with Gasteiger partial charge in [0.1, 0.15) is 18.6 Å². The third-order valence-electron chi connectivity index (χ3n) is 1.70. The second kappa shape index (κ2) is 4.10. The first-order chi connectivity index (χ1) is 6.56. The van der Waals surface area contributed by atoms with Crippen molar-refractivity contribution in [2.24, 2.45) is 0 Å². The van der Waals surface area contributed by atoms with Crippen molar-refractivity contribution in [3.8, 4) is 0 Å². The first-order valence-corrected chi connectivity index (χ1v) is 3.74. The van der Waals surface area contributed by atoms with Crippen molar-refractivity contribution in [3.63, 3.8) is 0 Å². The number of aliphatic hydroxyl groups is 1. The number of nitro benzene ring substituents is 1. The maximum atomic E-state index is 12.9. The third-order valence-corrected chi connectivity index (χ3v) is 1.70. The minimum Gasteiger partial charge on any atom is -0.386 e. The van der Waals surface area contributed by atoms with E-state index < -0.39 is 29.1 Å². The predicted octanol–water partition coefficient (Wildman–Crippen LogP) is 1.74. The molecule has 0 amide bonds. The second-order valence-electron chi connectivity index (χ2n) is 2.63. The molecule has 0 aliphatic carbocycles. The van der Waals surface area contributed by atoms with Crippen LogP contribution in [-0.4, -0.2) is 16.7 Å². The average Bonchev–Trinajstić information content (AvgIpc) is 2.17. The van der Waals surface area contributed by atoms with E-state index >= 15 is 0 Å². The Labute approximate surface area is 77.9 Å². The standard InChI is InChI=1S/C8H7F2NO3/c9-4-8(12)6-3-5(11(13)14)1-2-7(6)10/h1-3,8,12H,4H2. The van der Waals surface area contributed by atoms with Crippen LogP contribution in [0.2, 0.25) is 0 Å². The molecule has 6 heteroatoms. The third kappa shape index (κ3) is 2.02. The maximum Gasteiger partial charge on any atom is 0.270 e. The number of alkyl halides is 1. The predicted molar refractivity (Wildman–Crippen MR) is 44.0 cm³/mol. The highest BCUT2D eigenvalue weighted by molar-refractivity contribution is 5.36. The number of halogens is 2. The highest BCUT2D eigenvalue weighted by Gasteiger charge is 2.16.